The molecule has 1 amide bonds. The van der Waals surface area contributed by atoms with Gasteiger partial charge in [-0.2, -0.15) is 0 Å². The van der Waals surface area contributed by atoms with Crippen molar-refractivity contribution in [1.82, 2.24) is 4.90 Å². The lowest BCUT2D eigenvalue weighted by molar-refractivity contribution is -0.167. The number of nitrogens with zero attached hydrogens (tertiary/aromatic N) is 1. The fraction of sp³-hybridized carbons (Fsp3) is 0.923. The Hall–Kier alpha value is -0.570. The molecule has 0 aromatic heterocycles. The Kier molecular flexibility index (Phi) is 3.53. The van der Waals surface area contributed by atoms with Crippen molar-refractivity contribution in [3.8, 4) is 0 Å². The molecule has 0 unspecified atom stereocenters. The Morgan fingerprint density at radius 1 is 1.38 bits per heavy atom. The van der Waals surface area contributed by atoms with E-state index in [0.717, 1.165) is 38.3 Å². The number of carbonyl (C=O) groups is 1. The van der Waals surface area contributed by atoms with E-state index in [9.17, 15) is 4.79 Å². The zero-order chi connectivity index (χ0) is 11.6. The zero-order valence-electron chi connectivity index (χ0n) is 10.5. The van der Waals surface area contributed by atoms with Crippen LogP contribution in [0.15, 0.2) is 0 Å². The Bertz CT molecular complexity index is 247. The van der Waals surface area contributed by atoms with Crippen molar-refractivity contribution >= 4 is 5.91 Å². The molecule has 2 rings (SSSR count). The maximum absolute atomic E-state index is 12.3. The Morgan fingerprint density at radius 3 is 2.38 bits per heavy atom. The molecule has 0 atom stereocenters. The van der Waals surface area contributed by atoms with Crippen LogP contribution in [0.25, 0.3) is 0 Å². The van der Waals surface area contributed by atoms with E-state index >= 15 is 0 Å². The summed E-state index contributed by atoms with van der Waals surface area (Å²) in [4.78, 5) is 14.4. The molecule has 1 heterocycles. The van der Waals surface area contributed by atoms with E-state index in [1.54, 1.807) is 7.11 Å². The van der Waals surface area contributed by atoms with E-state index in [2.05, 4.69) is 6.92 Å². The SMILES string of the molecule is CCC1CCN(C(=O)C2(OC)CCC2)CC1. The van der Waals surface area contributed by atoms with Gasteiger partial charge < -0.3 is 9.64 Å². The van der Waals surface area contributed by atoms with E-state index in [-0.39, 0.29) is 5.91 Å². The van der Waals surface area contributed by atoms with E-state index in [1.165, 1.54) is 19.3 Å². The van der Waals surface area contributed by atoms with Crippen LogP contribution in [0.1, 0.15) is 45.4 Å². The molecule has 0 radical (unpaired) electrons. The second-order valence-corrected chi connectivity index (χ2v) is 5.20. The zero-order valence-corrected chi connectivity index (χ0v) is 10.5. The minimum absolute atomic E-state index is 0.246. The van der Waals surface area contributed by atoms with Crippen LogP contribution in [-0.4, -0.2) is 36.6 Å². The van der Waals surface area contributed by atoms with Crippen LogP contribution in [-0.2, 0) is 9.53 Å². The van der Waals surface area contributed by atoms with Gasteiger partial charge in [0, 0.05) is 20.2 Å². The van der Waals surface area contributed by atoms with Crippen molar-refractivity contribution in [2.45, 2.75) is 51.0 Å². The first kappa shape index (κ1) is 11.9. The van der Waals surface area contributed by atoms with E-state index in [0.29, 0.717) is 0 Å². The van der Waals surface area contributed by atoms with Gasteiger partial charge in [-0.3, -0.25) is 4.79 Å². The molecule has 1 saturated carbocycles. The van der Waals surface area contributed by atoms with Crippen LogP contribution in [0.4, 0.5) is 0 Å². The second kappa shape index (κ2) is 4.74. The van der Waals surface area contributed by atoms with Gasteiger partial charge in [-0.25, -0.2) is 0 Å². The van der Waals surface area contributed by atoms with Gasteiger partial charge in [-0.15, -0.1) is 0 Å². The molecule has 0 bridgehead atoms. The normalized spacial score (nSPS) is 25.2. The molecule has 3 heteroatoms. The molecule has 2 aliphatic rings. The molecule has 92 valence electrons. The Morgan fingerprint density at radius 2 is 2.00 bits per heavy atom. The minimum atomic E-state index is -0.445. The molecule has 16 heavy (non-hydrogen) atoms. The maximum atomic E-state index is 12.3. The number of ether oxygens (including phenoxy) is 1. The average molecular weight is 225 g/mol. The first-order valence-electron chi connectivity index (χ1n) is 6.56. The van der Waals surface area contributed by atoms with E-state index in [1.807, 2.05) is 4.90 Å². The molecule has 1 aliphatic carbocycles. The third-order valence-corrected chi connectivity index (χ3v) is 4.42. The van der Waals surface area contributed by atoms with Crippen LogP contribution in [0.5, 0.6) is 0 Å². The summed E-state index contributed by atoms with van der Waals surface area (Å²) < 4.78 is 5.45. The minimum Gasteiger partial charge on any atom is -0.368 e. The third-order valence-electron chi connectivity index (χ3n) is 4.42. The van der Waals surface area contributed by atoms with Crippen molar-refractivity contribution in [1.29, 1.82) is 0 Å². The first-order valence-corrected chi connectivity index (χ1v) is 6.56. The number of hydrogen-bond donors (Lipinski definition) is 0. The summed E-state index contributed by atoms with van der Waals surface area (Å²) in [5.74, 6) is 1.07. The summed E-state index contributed by atoms with van der Waals surface area (Å²) in [5, 5.41) is 0. The molecule has 0 N–H and O–H groups in total. The standard InChI is InChI=1S/C13H23NO2/c1-3-11-5-9-14(10-6-11)12(15)13(16-2)7-4-8-13/h11H,3-10H2,1-2H3. The lowest BCUT2D eigenvalue weighted by Crippen LogP contribution is -2.56. The molecular weight excluding hydrogens is 202 g/mol. The highest BCUT2D eigenvalue weighted by Gasteiger charge is 2.47. The number of carbonyl (C=O) groups excluding carboxylic acids is 1. The fourth-order valence-electron chi connectivity index (χ4n) is 2.84. The lowest BCUT2D eigenvalue weighted by atomic mass is 9.78. The number of methoxy groups -OCH3 is 1. The molecule has 2 fully saturated rings. The van der Waals surface area contributed by atoms with Gasteiger partial charge in [-0.1, -0.05) is 13.3 Å². The van der Waals surface area contributed by atoms with Crippen molar-refractivity contribution in [3.63, 3.8) is 0 Å². The molecular formula is C13H23NO2. The quantitative estimate of drug-likeness (QED) is 0.737. The summed E-state index contributed by atoms with van der Waals surface area (Å²) in [6, 6.07) is 0. The maximum Gasteiger partial charge on any atom is 0.254 e. The molecule has 3 nitrogen and oxygen atoms in total. The third kappa shape index (κ3) is 1.97. The summed E-state index contributed by atoms with van der Waals surface area (Å²) in [5.41, 5.74) is -0.445. The number of amides is 1. The van der Waals surface area contributed by atoms with Crippen LogP contribution in [0.2, 0.25) is 0 Å². The monoisotopic (exact) mass is 225 g/mol. The summed E-state index contributed by atoms with van der Waals surface area (Å²) >= 11 is 0. The van der Waals surface area contributed by atoms with Gasteiger partial charge in [0.1, 0.15) is 5.60 Å². The number of hydrogen-bond acceptors (Lipinski definition) is 2. The highest BCUT2D eigenvalue weighted by atomic mass is 16.5. The lowest BCUT2D eigenvalue weighted by Gasteiger charge is -2.44. The predicted molar refractivity (Wildman–Crippen MR) is 63.2 cm³/mol. The van der Waals surface area contributed by atoms with Crippen molar-refractivity contribution in [2.75, 3.05) is 20.2 Å². The van der Waals surface area contributed by atoms with Crippen LogP contribution < -0.4 is 0 Å². The molecule has 0 aromatic carbocycles. The van der Waals surface area contributed by atoms with Crippen LogP contribution >= 0.6 is 0 Å². The predicted octanol–water partition coefficient (Wildman–Crippen LogP) is 2.20. The number of rotatable bonds is 3. The molecule has 1 saturated heterocycles. The van der Waals surface area contributed by atoms with E-state index < -0.39 is 5.60 Å². The number of piperidine rings is 1. The summed E-state index contributed by atoms with van der Waals surface area (Å²) in [6.07, 6.45) is 6.54. The largest absolute Gasteiger partial charge is 0.368 e. The van der Waals surface area contributed by atoms with E-state index in [4.69, 9.17) is 4.74 Å². The smallest absolute Gasteiger partial charge is 0.254 e. The Labute approximate surface area is 98.1 Å². The van der Waals surface area contributed by atoms with Gasteiger partial charge in [0.15, 0.2) is 0 Å². The molecule has 0 aromatic rings. The van der Waals surface area contributed by atoms with Gasteiger partial charge in [0.05, 0.1) is 0 Å². The number of likely N-dealkylation sites (tertiary alicyclic amines) is 1. The van der Waals surface area contributed by atoms with Crippen molar-refractivity contribution in [2.24, 2.45) is 5.92 Å². The Balaban J connectivity index is 1.91. The van der Waals surface area contributed by atoms with Crippen LogP contribution in [0, 0.1) is 5.92 Å². The summed E-state index contributed by atoms with van der Waals surface area (Å²) in [7, 11) is 1.68. The van der Waals surface area contributed by atoms with Crippen molar-refractivity contribution in [3.05, 3.63) is 0 Å². The van der Waals surface area contributed by atoms with Gasteiger partial charge in [0.25, 0.3) is 5.91 Å². The average Bonchev–Trinajstić information content (AvgIpc) is 2.28. The topological polar surface area (TPSA) is 29.5 Å². The molecule has 0 spiro atoms. The highest BCUT2D eigenvalue weighted by molar-refractivity contribution is 5.86. The fourth-order valence-corrected chi connectivity index (χ4v) is 2.84. The first-order chi connectivity index (χ1) is 7.72. The summed E-state index contributed by atoms with van der Waals surface area (Å²) in [6.45, 7) is 4.11. The second-order valence-electron chi connectivity index (χ2n) is 5.20. The van der Waals surface area contributed by atoms with Gasteiger partial charge in [0.2, 0.25) is 0 Å². The van der Waals surface area contributed by atoms with Gasteiger partial charge >= 0.3 is 0 Å². The van der Waals surface area contributed by atoms with Crippen molar-refractivity contribution < 1.29 is 9.53 Å². The highest BCUT2D eigenvalue weighted by Crippen LogP contribution is 2.37. The van der Waals surface area contributed by atoms with Gasteiger partial charge in [-0.05, 0) is 38.0 Å². The van der Waals surface area contributed by atoms with Crippen LogP contribution in [0.3, 0.4) is 0 Å². The molecule has 1 aliphatic heterocycles.